The molecule has 0 radical (unpaired) electrons. The summed E-state index contributed by atoms with van der Waals surface area (Å²) in [6, 6.07) is 17.9. The zero-order valence-corrected chi connectivity index (χ0v) is 22.9. The molecule has 3 aromatic rings. The predicted molar refractivity (Wildman–Crippen MR) is 153 cm³/mol. The van der Waals surface area contributed by atoms with Crippen molar-refractivity contribution in [1.29, 1.82) is 0 Å². The Balaban J connectivity index is 1.91. The minimum absolute atomic E-state index is 0.207. The molecule has 0 N–H and O–H groups in total. The van der Waals surface area contributed by atoms with Gasteiger partial charge >= 0.3 is 17.9 Å². The molecule has 6 heteroatoms. The molecule has 0 amide bonds. The highest BCUT2D eigenvalue weighted by molar-refractivity contribution is 5.91. The van der Waals surface area contributed by atoms with Gasteiger partial charge in [0.15, 0.2) is 0 Å². The van der Waals surface area contributed by atoms with E-state index < -0.39 is 11.9 Å². The van der Waals surface area contributed by atoms with Gasteiger partial charge in [-0.15, -0.1) is 0 Å². The van der Waals surface area contributed by atoms with Crippen molar-refractivity contribution < 1.29 is 28.6 Å². The third kappa shape index (κ3) is 7.89. The van der Waals surface area contributed by atoms with Gasteiger partial charge in [0.1, 0.15) is 17.2 Å². The monoisotopic (exact) mass is 524 g/mol. The van der Waals surface area contributed by atoms with E-state index in [2.05, 4.69) is 13.2 Å². The van der Waals surface area contributed by atoms with Crippen LogP contribution in [0.15, 0.2) is 85.0 Å². The molecule has 0 aliphatic carbocycles. The normalized spacial score (nSPS) is 10.8. The highest BCUT2D eigenvalue weighted by Gasteiger charge is 2.16. The summed E-state index contributed by atoms with van der Waals surface area (Å²) in [4.78, 5) is 36.1. The molecule has 39 heavy (non-hydrogen) atoms. The van der Waals surface area contributed by atoms with E-state index in [1.54, 1.807) is 70.2 Å². The fourth-order valence-corrected chi connectivity index (χ4v) is 3.47. The number of carbonyl (C=O) groups excluding carboxylic acids is 3. The molecule has 0 unspecified atom stereocenters. The average molecular weight is 525 g/mol. The first-order valence-corrected chi connectivity index (χ1v) is 12.4. The zero-order chi connectivity index (χ0) is 28.7. The molecular formula is C33H32O6. The smallest absolute Gasteiger partial charge is 0.338 e. The number of benzene rings is 3. The number of aryl methyl sites for hydroxylation is 1. The molecule has 0 saturated heterocycles. The maximum atomic E-state index is 12.4. The minimum atomic E-state index is -0.532. The topological polar surface area (TPSA) is 78.9 Å². The molecule has 200 valence electrons. The Morgan fingerprint density at radius 2 is 1.23 bits per heavy atom. The second-order valence-corrected chi connectivity index (χ2v) is 9.55. The number of ether oxygens (including phenoxy) is 3. The van der Waals surface area contributed by atoms with Gasteiger partial charge in [0.05, 0.1) is 5.92 Å². The molecule has 0 bridgehead atoms. The highest BCUT2D eigenvalue weighted by Crippen LogP contribution is 2.36. The highest BCUT2D eigenvalue weighted by atomic mass is 16.5. The van der Waals surface area contributed by atoms with Gasteiger partial charge in [-0.1, -0.05) is 69.5 Å². The van der Waals surface area contributed by atoms with Gasteiger partial charge in [0.25, 0.3) is 0 Å². The molecule has 0 aromatic heterocycles. The molecule has 6 nitrogen and oxygen atoms in total. The van der Waals surface area contributed by atoms with Gasteiger partial charge < -0.3 is 14.2 Å². The van der Waals surface area contributed by atoms with Crippen molar-refractivity contribution in [3.8, 4) is 28.4 Å². The Kier molecular flexibility index (Phi) is 9.39. The average Bonchev–Trinajstić information content (AvgIpc) is 2.88. The van der Waals surface area contributed by atoms with Crippen LogP contribution in [0.4, 0.5) is 0 Å². The Labute approximate surface area is 229 Å². The summed E-state index contributed by atoms with van der Waals surface area (Å²) >= 11 is 0. The van der Waals surface area contributed by atoms with Crippen LogP contribution in [0.2, 0.25) is 0 Å². The van der Waals surface area contributed by atoms with Gasteiger partial charge in [0, 0.05) is 16.7 Å². The van der Waals surface area contributed by atoms with E-state index in [-0.39, 0.29) is 17.5 Å². The molecule has 0 fully saturated rings. The summed E-state index contributed by atoms with van der Waals surface area (Å²) in [6.45, 7) is 15.9. The van der Waals surface area contributed by atoms with Crippen molar-refractivity contribution in [2.45, 2.75) is 34.6 Å². The second-order valence-electron chi connectivity index (χ2n) is 9.55. The Hall–Kier alpha value is -4.71. The number of esters is 3. The van der Waals surface area contributed by atoms with Gasteiger partial charge in [-0.05, 0) is 73.4 Å². The van der Waals surface area contributed by atoms with Crippen molar-refractivity contribution in [1.82, 2.24) is 0 Å². The van der Waals surface area contributed by atoms with E-state index in [0.717, 1.165) is 27.8 Å². The molecule has 0 heterocycles. The Bertz CT molecular complexity index is 1440. The summed E-state index contributed by atoms with van der Waals surface area (Å²) in [7, 11) is 0. The summed E-state index contributed by atoms with van der Waals surface area (Å²) in [6.07, 6.45) is 3.82. The number of hydrogen-bond donors (Lipinski definition) is 0. The fourth-order valence-electron chi connectivity index (χ4n) is 3.47. The van der Waals surface area contributed by atoms with Crippen molar-refractivity contribution in [2.24, 2.45) is 5.92 Å². The molecule has 0 atom stereocenters. The van der Waals surface area contributed by atoms with Crippen LogP contribution in [0.25, 0.3) is 23.3 Å². The molecule has 3 aromatic carbocycles. The van der Waals surface area contributed by atoms with E-state index in [1.165, 1.54) is 0 Å². The van der Waals surface area contributed by atoms with E-state index in [1.807, 2.05) is 37.3 Å². The summed E-state index contributed by atoms with van der Waals surface area (Å²) in [5, 5.41) is 0. The van der Waals surface area contributed by atoms with Crippen LogP contribution in [0.3, 0.4) is 0 Å². The first kappa shape index (κ1) is 28.9. The van der Waals surface area contributed by atoms with Crippen LogP contribution in [0.5, 0.6) is 17.2 Å². The van der Waals surface area contributed by atoms with Crippen LogP contribution in [-0.4, -0.2) is 17.9 Å². The van der Waals surface area contributed by atoms with Gasteiger partial charge in [0.2, 0.25) is 0 Å². The Morgan fingerprint density at radius 3 is 1.79 bits per heavy atom. The molecule has 0 saturated carbocycles. The lowest BCUT2D eigenvalue weighted by atomic mass is 9.96. The van der Waals surface area contributed by atoms with Crippen LogP contribution >= 0.6 is 0 Å². The van der Waals surface area contributed by atoms with Crippen LogP contribution < -0.4 is 14.2 Å². The van der Waals surface area contributed by atoms with E-state index in [0.29, 0.717) is 22.8 Å². The lowest BCUT2D eigenvalue weighted by molar-refractivity contribution is -0.137. The maximum Gasteiger partial charge on any atom is 0.338 e. The standard InChI is InChI=1S/C33H32O6/c1-20(2)31(34)37-27-14-10-24(11-15-27)8-9-25-18-23(7)30(29(19-25)39-33(36)22(5)6)26-12-16-28(17-13-26)38-32(35)21(3)4/h8-20H,3,5H2,1-2,4,6-7H3/b9-8+. The number of hydrogen-bond acceptors (Lipinski definition) is 6. The summed E-state index contributed by atoms with van der Waals surface area (Å²) in [5.41, 5.74) is 4.71. The number of carbonyl (C=O) groups is 3. The van der Waals surface area contributed by atoms with Crippen molar-refractivity contribution in [3.63, 3.8) is 0 Å². The first-order chi connectivity index (χ1) is 18.4. The van der Waals surface area contributed by atoms with Gasteiger partial charge in [-0.2, -0.15) is 0 Å². The van der Waals surface area contributed by atoms with E-state index in [4.69, 9.17) is 14.2 Å². The second kappa shape index (κ2) is 12.7. The van der Waals surface area contributed by atoms with Crippen molar-refractivity contribution in [2.75, 3.05) is 0 Å². The third-order valence-electron chi connectivity index (χ3n) is 5.61. The van der Waals surface area contributed by atoms with E-state index >= 15 is 0 Å². The lowest BCUT2D eigenvalue weighted by Gasteiger charge is -2.15. The van der Waals surface area contributed by atoms with E-state index in [9.17, 15) is 14.4 Å². The van der Waals surface area contributed by atoms with Crippen LogP contribution in [0.1, 0.15) is 44.4 Å². The lowest BCUT2D eigenvalue weighted by Crippen LogP contribution is -2.14. The predicted octanol–water partition coefficient (Wildman–Crippen LogP) is 7.36. The third-order valence-corrected chi connectivity index (χ3v) is 5.61. The fraction of sp³-hybridized carbons (Fsp3) is 0.182. The van der Waals surface area contributed by atoms with Crippen LogP contribution in [-0.2, 0) is 14.4 Å². The van der Waals surface area contributed by atoms with Crippen molar-refractivity contribution in [3.05, 3.63) is 102 Å². The maximum absolute atomic E-state index is 12.4. The first-order valence-electron chi connectivity index (χ1n) is 12.4. The summed E-state index contributed by atoms with van der Waals surface area (Å²) < 4.78 is 16.3. The zero-order valence-electron chi connectivity index (χ0n) is 22.9. The molecule has 3 rings (SSSR count). The quantitative estimate of drug-likeness (QED) is 0.126. The van der Waals surface area contributed by atoms with Crippen molar-refractivity contribution >= 4 is 30.1 Å². The summed E-state index contributed by atoms with van der Waals surface area (Å²) in [5.74, 6) is -0.276. The van der Waals surface area contributed by atoms with Gasteiger partial charge in [-0.3, -0.25) is 4.79 Å². The van der Waals surface area contributed by atoms with Gasteiger partial charge in [-0.25, -0.2) is 9.59 Å². The minimum Gasteiger partial charge on any atom is -0.426 e. The molecule has 0 aliphatic rings. The molecule has 0 aliphatic heterocycles. The molecule has 0 spiro atoms. The SMILES string of the molecule is C=C(C)C(=O)Oc1ccc(-c2c(C)cc(/C=C/c3ccc(OC(=O)C(C)C)cc3)cc2OC(=O)C(=C)C)cc1. The number of rotatable bonds is 9. The van der Waals surface area contributed by atoms with Crippen LogP contribution in [0, 0.1) is 12.8 Å². The Morgan fingerprint density at radius 1 is 0.718 bits per heavy atom. The molecular weight excluding hydrogens is 492 g/mol. The largest absolute Gasteiger partial charge is 0.426 e.